The molecule has 4 atom stereocenters. The number of nitrogens with two attached hydrogens (primary N) is 2. The number of hydrogen-bond acceptors (Lipinski definition) is 7. The first-order chi connectivity index (χ1) is 6.91. The summed E-state index contributed by atoms with van der Waals surface area (Å²) in [7, 11) is 1.50. The summed E-state index contributed by atoms with van der Waals surface area (Å²) in [6, 6.07) is 0. The lowest BCUT2D eigenvalue weighted by Gasteiger charge is -2.23. The van der Waals surface area contributed by atoms with E-state index in [0.29, 0.717) is 0 Å². The van der Waals surface area contributed by atoms with Gasteiger partial charge >= 0.3 is 0 Å². The van der Waals surface area contributed by atoms with E-state index < -0.39 is 36.9 Å². The van der Waals surface area contributed by atoms with Crippen LogP contribution in [0.25, 0.3) is 0 Å². The maximum atomic E-state index is 10.3. The van der Waals surface area contributed by atoms with Crippen LogP contribution in [-0.4, -0.2) is 69.5 Å². The number of amides is 1. The van der Waals surface area contributed by atoms with Crippen LogP contribution in [0.3, 0.4) is 0 Å². The van der Waals surface area contributed by atoms with E-state index >= 15 is 0 Å². The lowest BCUT2D eigenvalue weighted by Crippen LogP contribution is -2.50. The Morgan fingerprint density at radius 1 is 1.12 bits per heavy atom. The fourth-order valence-corrected chi connectivity index (χ4v) is 0.691. The molecular weight excluding hydrogens is 244 g/mol. The summed E-state index contributed by atoms with van der Waals surface area (Å²) in [5.74, 6) is -1.23. The molecule has 9 N–H and O–H groups in total. The highest BCUT2D eigenvalue weighted by Gasteiger charge is 2.32. The molecule has 0 aliphatic heterocycles. The third-order valence-corrected chi connectivity index (χ3v) is 1.55. The first-order valence-electron chi connectivity index (χ1n) is 4.12. The Bertz CT molecular complexity index is 184. The van der Waals surface area contributed by atoms with Gasteiger partial charge in [0.1, 0.15) is 18.3 Å². The van der Waals surface area contributed by atoms with Crippen molar-refractivity contribution in [3.05, 3.63) is 0 Å². The van der Waals surface area contributed by atoms with Gasteiger partial charge in [0, 0.05) is 0 Å². The average molecular weight is 263 g/mol. The molecule has 9 heteroatoms. The van der Waals surface area contributed by atoms with Crippen molar-refractivity contribution in [2.45, 2.75) is 24.4 Å². The minimum absolute atomic E-state index is 0. The second-order valence-electron chi connectivity index (χ2n) is 2.58. The quantitative estimate of drug-likeness (QED) is 0.264. The molecule has 0 aromatic heterocycles. The molecule has 0 unspecified atom stereocenters. The van der Waals surface area contributed by atoms with Crippen molar-refractivity contribution >= 4 is 18.3 Å². The van der Waals surface area contributed by atoms with Gasteiger partial charge in [0.25, 0.3) is 0 Å². The van der Waals surface area contributed by atoms with Gasteiger partial charge in [-0.05, 0) is 7.05 Å². The van der Waals surface area contributed by atoms with Gasteiger partial charge in [-0.1, -0.05) is 0 Å². The van der Waals surface area contributed by atoms with E-state index in [4.69, 9.17) is 25.5 Å². The molecule has 0 aromatic carbocycles. The summed E-state index contributed by atoms with van der Waals surface area (Å²) in [6.45, 7) is -0.802. The third-order valence-electron chi connectivity index (χ3n) is 1.55. The Hall–Kier alpha value is -0.480. The van der Waals surface area contributed by atoms with Crippen LogP contribution >= 0.6 is 12.4 Å². The first-order valence-corrected chi connectivity index (χ1v) is 4.12. The average Bonchev–Trinajstić information content (AvgIpc) is 2.27. The molecule has 0 rings (SSSR count). The van der Waals surface area contributed by atoms with Crippen LogP contribution in [0.1, 0.15) is 0 Å². The van der Waals surface area contributed by atoms with Crippen LogP contribution in [0.15, 0.2) is 0 Å². The Labute approximate surface area is 98.9 Å². The second kappa shape index (κ2) is 11.0. The molecule has 0 heterocycles. The molecule has 0 saturated carbocycles. The number of primary amides is 1. The van der Waals surface area contributed by atoms with E-state index in [9.17, 15) is 4.79 Å². The largest absolute Gasteiger partial charge is 0.394 e. The van der Waals surface area contributed by atoms with Gasteiger partial charge in [-0.25, -0.2) is 0 Å². The SMILES string of the molecule is CN.Cl.NC(=O)[C@@H](O)[C@@H](O)[C@H](O)[C@H](O)CO. The van der Waals surface area contributed by atoms with E-state index in [0.717, 1.165) is 0 Å². The molecular formula is C7H19ClN2O6. The van der Waals surface area contributed by atoms with Crippen molar-refractivity contribution in [2.24, 2.45) is 11.5 Å². The molecule has 0 radical (unpaired) electrons. The maximum absolute atomic E-state index is 10.3. The van der Waals surface area contributed by atoms with Gasteiger partial charge in [-0.3, -0.25) is 4.79 Å². The van der Waals surface area contributed by atoms with Crippen LogP contribution in [0.2, 0.25) is 0 Å². The van der Waals surface area contributed by atoms with Gasteiger partial charge in [-0.2, -0.15) is 0 Å². The Balaban J connectivity index is -0.000000529. The zero-order valence-electron chi connectivity index (χ0n) is 8.72. The summed E-state index contributed by atoms with van der Waals surface area (Å²) >= 11 is 0. The summed E-state index contributed by atoms with van der Waals surface area (Å²) < 4.78 is 0. The summed E-state index contributed by atoms with van der Waals surface area (Å²) in [6.07, 6.45) is -7.35. The highest BCUT2D eigenvalue weighted by molar-refractivity contribution is 5.85. The molecule has 0 spiro atoms. The monoisotopic (exact) mass is 262 g/mol. The molecule has 0 fully saturated rings. The van der Waals surface area contributed by atoms with Crippen molar-refractivity contribution in [3.63, 3.8) is 0 Å². The van der Waals surface area contributed by atoms with Crippen molar-refractivity contribution in [2.75, 3.05) is 13.7 Å². The number of aliphatic hydroxyl groups excluding tert-OH is 5. The third kappa shape index (κ3) is 6.90. The number of aliphatic hydroxyl groups is 5. The standard InChI is InChI=1S/C6H13NO6.CH5N.ClH/c7-6(13)5(12)4(11)3(10)2(9)1-8;1-2;/h2-5,8-12H,1H2,(H2,7,13);2H2,1H3;1H/t2-,3-,4+,5+;;/m1../s1. The van der Waals surface area contributed by atoms with E-state index in [1.807, 2.05) is 0 Å². The lowest BCUT2D eigenvalue weighted by molar-refractivity contribution is -0.146. The van der Waals surface area contributed by atoms with Gasteiger partial charge in [0.05, 0.1) is 6.61 Å². The maximum Gasteiger partial charge on any atom is 0.249 e. The molecule has 8 nitrogen and oxygen atoms in total. The smallest absolute Gasteiger partial charge is 0.249 e. The topological polar surface area (TPSA) is 170 Å². The molecule has 0 aromatic rings. The summed E-state index contributed by atoms with van der Waals surface area (Å²) in [5, 5.41) is 44.0. The van der Waals surface area contributed by atoms with Crippen LogP contribution in [0.4, 0.5) is 0 Å². The molecule has 100 valence electrons. The second-order valence-corrected chi connectivity index (χ2v) is 2.58. The van der Waals surface area contributed by atoms with Crippen molar-refractivity contribution in [1.29, 1.82) is 0 Å². The molecule has 0 bridgehead atoms. The fraction of sp³-hybridized carbons (Fsp3) is 0.857. The van der Waals surface area contributed by atoms with Gasteiger partial charge < -0.3 is 37.0 Å². The van der Waals surface area contributed by atoms with Crippen LogP contribution < -0.4 is 11.5 Å². The zero-order chi connectivity index (χ0) is 12.6. The summed E-state index contributed by atoms with van der Waals surface area (Å²) in [5.41, 5.74) is 9.11. The number of halogens is 1. The van der Waals surface area contributed by atoms with Crippen LogP contribution in [0, 0.1) is 0 Å². The Kier molecular flexibility index (Phi) is 14.4. The van der Waals surface area contributed by atoms with E-state index in [1.165, 1.54) is 7.05 Å². The van der Waals surface area contributed by atoms with E-state index in [-0.39, 0.29) is 12.4 Å². The highest BCUT2D eigenvalue weighted by atomic mass is 35.5. The molecule has 0 saturated heterocycles. The van der Waals surface area contributed by atoms with Gasteiger partial charge in [0.15, 0.2) is 6.10 Å². The van der Waals surface area contributed by atoms with Crippen LogP contribution in [-0.2, 0) is 4.79 Å². The van der Waals surface area contributed by atoms with Crippen molar-refractivity contribution in [1.82, 2.24) is 0 Å². The number of hydrogen-bond donors (Lipinski definition) is 7. The predicted octanol–water partition coefficient (Wildman–Crippen LogP) is -4.10. The fourth-order valence-electron chi connectivity index (χ4n) is 0.691. The van der Waals surface area contributed by atoms with E-state index in [1.54, 1.807) is 0 Å². The molecule has 16 heavy (non-hydrogen) atoms. The lowest BCUT2D eigenvalue weighted by atomic mass is 10.0. The summed E-state index contributed by atoms with van der Waals surface area (Å²) in [4.78, 5) is 10.3. The zero-order valence-corrected chi connectivity index (χ0v) is 9.54. The number of rotatable bonds is 5. The Morgan fingerprint density at radius 3 is 1.75 bits per heavy atom. The van der Waals surface area contributed by atoms with Gasteiger partial charge in [0.2, 0.25) is 5.91 Å². The minimum Gasteiger partial charge on any atom is -0.394 e. The highest BCUT2D eigenvalue weighted by Crippen LogP contribution is 2.04. The Morgan fingerprint density at radius 2 is 1.50 bits per heavy atom. The predicted molar refractivity (Wildman–Crippen MR) is 57.7 cm³/mol. The normalized spacial score (nSPS) is 16.9. The molecule has 0 aliphatic carbocycles. The van der Waals surface area contributed by atoms with Crippen molar-refractivity contribution < 1.29 is 30.3 Å². The first kappa shape index (κ1) is 20.9. The molecule has 0 aliphatic rings. The number of carbonyl (C=O) groups excluding carboxylic acids is 1. The minimum atomic E-state index is -1.98. The molecule has 1 amide bonds. The number of carbonyl (C=O) groups is 1. The van der Waals surface area contributed by atoms with Gasteiger partial charge in [-0.15, -0.1) is 12.4 Å². The van der Waals surface area contributed by atoms with Crippen LogP contribution in [0.5, 0.6) is 0 Å². The van der Waals surface area contributed by atoms with Crippen molar-refractivity contribution in [3.8, 4) is 0 Å². The van der Waals surface area contributed by atoms with E-state index in [2.05, 4.69) is 11.5 Å².